The molecule has 1 amide bonds. The predicted molar refractivity (Wildman–Crippen MR) is 80.5 cm³/mol. The zero-order valence-corrected chi connectivity index (χ0v) is 12.3. The number of carbonyl (C=O) groups is 1. The summed E-state index contributed by atoms with van der Waals surface area (Å²) >= 11 is 0. The van der Waals surface area contributed by atoms with Gasteiger partial charge in [-0.1, -0.05) is 17.3 Å². The Hall–Kier alpha value is -2.69. The summed E-state index contributed by atoms with van der Waals surface area (Å²) in [5.41, 5.74) is 3.00. The second kappa shape index (κ2) is 5.60. The second-order valence-corrected chi connectivity index (χ2v) is 5.15. The van der Waals surface area contributed by atoms with Gasteiger partial charge in [0.25, 0.3) is 5.91 Å². The Morgan fingerprint density at radius 1 is 1.27 bits per heavy atom. The molecule has 3 rings (SSSR count). The first-order valence-corrected chi connectivity index (χ1v) is 6.94. The van der Waals surface area contributed by atoms with Crippen LogP contribution in [0.5, 0.6) is 0 Å². The van der Waals surface area contributed by atoms with Gasteiger partial charge < -0.3 is 9.42 Å². The molecule has 1 aromatic carbocycles. The third-order valence-electron chi connectivity index (χ3n) is 3.57. The van der Waals surface area contributed by atoms with Gasteiger partial charge in [0.15, 0.2) is 0 Å². The fourth-order valence-electron chi connectivity index (χ4n) is 2.50. The molecule has 0 radical (unpaired) electrons. The summed E-state index contributed by atoms with van der Waals surface area (Å²) < 4.78 is 18.1. The molecule has 2 heterocycles. The van der Waals surface area contributed by atoms with E-state index in [2.05, 4.69) is 5.16 Å². The third kappa shape index (κ3) is 2.57. The van der Waals surface area contributed by atoms with Gasteiger partial charge in [0, 0.05) is 29.4 Å². The molecule has 0 saturated carbocycles. The molecular weight excluding hydrogens is 283 g/mol. The number of halogens is 1. The lowest BCUT2D eigenvalue weighted by Gasteiger charge is -2.21. The maximum absolute atomic E-state index is 13.0. The molecule has 1 aliphatic rings. The van der Waals surface area contributed by atoms with E-state index in [0.717, 1.165) is 16.8 Å². The van der Waals surface area contributed by atoms with Crippen molar-refractivity contribution in [2.75, 3.05) is 6.54 Å². The number of benzene rings is 1. The van der Waals surface area contributed by atoms with Gasteiger partial charge in [0.1, 0.15) is 11.6 Å². The van der Waals surface area contributed by atoms with Crippen molar-refractivity contribution in [3.8, 4) is 0 Å². The zero-order valence-electron chi connectivity index (χ0n) is 12.3. The molecule has 0 N–H and O–H groups in total. The molecule has 2 aromatic rings. The van der Waals surface area contributed by atoms with Crippen LogP contribution in [0.3, 0.4) is 0 Å². The van der Waals surface area contributed by atoms with Crippen molar-refractivity contribution in [3.05, 3.63) is 71.0 Å². The predicted octanol–water partition coefficient (Wildman–Crippen LogP) is 3.48. The monoisotopic (exact) mass is 298 g/mol. The Morgan fingerprint density at radius 2 is 2.00 bits per heavy atom. The summed E-state index contributed by atoms with van der Waals surface area (Å²) in [5.74, 6) is 0.181. The van der Waals surface area contributed by atoms with Gasteiger partial charge in [-0.2, -0.15) is 0 Å². The second-order valence-electron chi connectivity index (χ2n) is 5.15. The van der Waals surface area contributed by atoms with Gasteiger partial charge in [-0.25, -0.2) is 4.39 Å². The van der Waals surface area contributed by atoms with Crippen molar-refractivity contribution < 1.29 is 13.7 Å². The van der Waals surface area contributed by atoms with Gasteiger partial charge in [-0.3, -0.25) is 4.79 Å². The number of hydrogen-bond acceptors (Lipinski definition) is 3. The van der Waals surface area contributed by atoms with Crippen LogP contribution in [-0.2, 0) is 0 Å². The zero-order chi connectivity index (χ0) is 15.7. The van der Waals surface area contributed by atoms with Crippen LogP contribution in [-0.4, -0.2) is 22.5 Å². The lowest BCUT2D eigenvalue weighted by Crippen LogP contribution is -2.27. The van der Waals surface area contributed by atoms with Crippen LogP contribution in [0.1, 0.15) is 27.4 Å². The van der Waals surface area contributed by atoms with Crippen molar-refractivity contribution in [2.45, 2.75) is 13.8 Å². The van der Waals surface area contributed by atoms with E-state index in [4.69, 9.17) is 4.52 Å². The highest BCUT2D eigenvalue weighted by molar-refractivity contribution is 5.96. The van der Waals surface area contributed by atoms with Crippen LogP contribution >= 0.6 is 0 Å². The molecule has 112 valence electrons. The summed E-state index contributed by atoms with van der Waals surface area (Å²) in [6.45, 7) is 4.18. The lowest BCUT2D eigenvalue weighted by molar-refractivity contribution is 0.0834. The number of rotatable bonds is 2. The number of nitrogens with zero attached hydrogens (tertiary/aromatic N) is 2. The molecule has 1 aliphatic heterocycles. The molecule has 5 heteroatoms. The van der Waals surface area contributed by atoms with Gasteiger partial charge in [0.2, 0.25) is 0 Å². The van der Waals surface area contributed by atoms with E-state index in [9.17, 15) is 9.18 Å². The SMILES string of the molecule is Cc1noc(C)c1C1=CN(C(=O)c2ccc(F)cc2)CC=C1. The summed E-state index contributed by atoms with van der Waals surface area (Å²) in [7, 11) is 0. The summed E-state index contributed by atoms with van der Waals surface area (Å²) in [5, 5.41) is 3.93. The highest BCUT2D eigenvalue weighted by Crippen LogP contribution is 2.26. The highest BCUT2D eigenvalue weighted by atomic mass is 19.1. The fourth-order valence-corrected chi connectivity index (χ4v) is 2.50. The molecule has 4 nitrogen and oxygen atoms in total. The van der Waals surface area contributed by atoms with E-state index in [1.54, 1.807) is 11.1 Å². The molecule has 0 saturated heterocycles. The van der Waals surface area contributed by atoms with E-state index >= 15 is 0 Å². The Morgan fingerprint density at radius 3 is 2.64 bits per heavy atom. The van der Waals surface area contributed by atoms with E-state index in [1.807, 2.05) is 26.0 Å². The number of aryl methyl sites for hydroxylation is 2. The fraction of sp³-hybridized carbons (Fsp3) is 0.176. The van der Waals surface area contributed by atoms with Gasteiger partial charge in [0.05, 0.1) is 5.69 Å². The number of amides is 1. The minimum atomic E-state index is -0.359. The van der Waals surface area contributed by atoms with Crippen LogP contribution in [0.15, 0.2) is 47.1 Å². The van der Waals surface area contributed by atoms with Crippen molar-refractivity contribution in [3.63, 3.8) is 0 Å². The van der Waals surface area contributed by atoms with E-state index < -0.39 is 0 Å². The topological polar surface area (TPSA) is 46.3 Å². The average Bonchev–Trinajstić information content (AvgIpc) is 2.86. The third-order valence-corrected chi connectivity index (χ3v) is 3.57. The molecule has 1 aromatic heterocycles. The average molecular weight is 298 g/mol. The minimum absolute atomic E-state index is 0.173. The van der Waals surface area contributed by atoms with Crippen LogP contribution in [0.4, 0.5) is 4.39 Å². The summed E-state index contributed by atoms with van der Waals surface area (Å²) in [6, 6.07) is 5.54. The van der Waals surface area contributed by atoms with Crippen molar-refractivity contribution in [1.82, 2.24) is 10.1 Å². The Balaban J connectivity index is 1.91. The first-order valence-electron chi connectivity index (χ1n) is 6.94. The van der Waals surface area contributed by atoms with Gasteiger partial charge in [-0.15, -0.1) is 0 Å². The molecule has 0 aliphatic carbocycles. The first-order chi connectivity index (χ1) is 10.6. The molecule has 0 fully saturated rings. The molecule has 0 atom stereocenters. The maximum atomic E-state index is 13.0. The summed E-state index contributed by atoms with van der Waals surface area (Å²) in [6.07, 6.45) is 5.63. The molecule has 22 heavy (non-hydrogen) atoms. The minimum Gasteiger partial charge on any atom is -0.361 e. The van der Waals surface area contributed by atoms with Crippen molar-refractivity contribution in [2.24, 2.45) is 0 Å². The molecule has 0 bridgehead atoms. The van der Waals surface area contributed by atoms with E-state index in [1.165, 1.54) is 24.3 Å². The molecule has 0 spiro atoms. The number of carbonyl (C=O) groups excluding carboxylic acids is 1. The number of allylic oxidation sites excluding steroid dienone is 2. The van der Waals surface area contributed by atoms with E-state index in [-0.39, 0.29) is 11.7 Å². The lowest BCUT2D eigenvalue weighted by atomic mass is 10.0. The molecule has 0 unspecified atom stereocenters. The van der Waals surface area contributed by atoms with Crippen LogP contribution in [0, 0.1) is 19.7 Å². The smallest absolute Gasteiger partial charge is 0.258 e. The Labute approximate surface area is 127 Å². The van der Waals surface area contributed by atoms with E-state index in [0.29, 0.717) is 17.9 Å². The number of hydrogen-bond donors (Lipinski definition) is 0. The largest absolute Gasteiger partial charge is 0.361 e. The maximum Gasteiger partial charge on any atom is 0.258 e. The van der Waals surface area contributed by atoms with Crippen LogP contribution < -0.4 is 0 Å². The van der Waals surface area contributed by atoms with Gasteiger partial charge in [-0.05, 0) is 38.1 Å². The first kappa shape index (κ1) is 14.3. The van der Waals surface area contributed by atoms with Crippen molar-refractivity contribution >= 4 is 11.5 Å². The standard InChI is InChI=1S/C17H15FN2O2/c1-11-16(12(2)22-19-11)14-4-3-9-20(10-14)17(21)13-5-7-15(18)8-6-13/h3-8,10H,9H2,1-2H3. The normalized spacial score (nSPS) is 14.1. The quantitative estimate of drug-likeness (QED) is 0.852. The Bertz CT molecular complexity index is 753. The Kier molecular flexibility index (Phi) is 3.63. The highest BCUT2D eigenvalue weighted by Gasteiger charge is 2.19. The van der Waals surface area contributed by atoms with Crippen LogP contribution in [0.25, 0.3) is 5.57 Å². The molecular formula is C17H15FN2O2. The van der Waals surface area contributed by atoms with Gasteiger partial charge >= 0.3 is 0 Å². The number of aromatic nitrogens is 1. The van der Waals surface area contributed by atoms with Crippen LogP contribution in [0.2, 0.25) is 0 Å². The van der Waals surface area contributed by atoms with Crippen molar-refractivity contribution in [1.29, 1.82) is 0 Å². The summed E-state index contributed by atoms with van der Waals surface area (Å²) in [4.78, 5) is 14.1.